The maximum Gasteiger partial charge on any atom is 0.257 e. The number of aromatic nitrogens is 2. The molecule has 1 amide bonds. The molecule has 0 spiro atoms. The van der Waals surface area contributed by atoms with Crippen LogP contribution in [0.15, 0.2) is 39.9 Å². The van der Waals surface area contributed by atoms with Gasteiger partial charge in [0.15, 0.2) is 0 Å². The van der Waals surface area contributed by atoms with E-state index in [-0.39, 0.29) is 16.2 Å². The molecule has 0 bridgehead atoms. The van der Waals surface area contributed by atoms with E-state index in [2.05, 4.69) is 20.2 Å². The van der Waals surface area contributed by atoms with E-state index in [0.29, 0.717) is 10.1 Å². The van der Waals surface area contributed by atoms with Gasteiger partial charge >= 0.3 is 0 Å². The molecule has 11 heteroatoms. The summed E-state index contributed by atoms with van der Waals surface area (Å²) in [5, 5.41) is 15.5. The molecule has 0 aliphatic heterocycles. The SMILES string of the molecule is CNS(=O)(=O)c1cc(C(=O)Nc2nnc(-c3ccsc3)s2)ccc1OC. The molecule has 8 nitrogen and oxygen atoms in total. The highest BCUT2D eigenvalue weighted by atomic mass is 32.2. The summed E-state index contributed by atoms with van der Waals surface area (Å²) in [7, 11) is -1.13. The highest BCUT2D eigenvalue weighted by molar-refractivity contribution is 7.89. The zero-order chi connectivity index (χ0) is 18.7. The number of sulfonamides is 1. The van der Waals surface area contributed by atoms with Crippen molar-refractivity contribution in [2.24, 2.45) is 0 Å². The molecule has 0 aliphatic carbocycles. The Hall–Kier alpha value is -2.34. The first kappa shape index (κ1) is 18.5. The summed E-state index contributed by atoms with van der Waals surface area (Å²) in [5.74, 6) is -0.347. The van der Waals surface area contributed by atoms with Gasteiger partial charge in [-0.25, -0.2) is 13.1 Å². The molecule has 0 fully saturated rings. The number of carbonyl (C=O) groups is 1. The van der Waals surface area contributed by atoms with E-state index in [1.54, 1.807) is 11.3 Å². The fourth-order valence-electron chi connectivity index (χ4n) is 2.08. The van der Waals surface area contributed by atoms with Gasteiger partial charge in [-0.2, -0.15) is 11.3 Å². The van der Waals surface area contributed by atoms with Crippen molar-refractivity contribution in [3.05, 3.63) is 40.6 Å². The van der Waals surface area contributed by atoms with Gasteiger partial charge in [-0.1, -0.05) is 11.3 Å². The standard InChI is InChI=1S/C15H14N4O4S3/c1-16-26(21,22)12-7-9(3-4-11(12)23-2)13(20)17-15-19-18-14(25-15)10-5-6-24-8-10/h3-8,16H,1-2H3,(H,17,19,20). The molecule has 3 aromatic rings. The van der Waals surface area contributed by atoms with Crippen LogP contribution < -0.4 is 14.8 Å². The molecular weight excluding hydrogens is 396 g/mol. The van der Waals surface area contributed by atoms with Crippen molar-refractivity contribution in [1.82, 2.24) is 14.9 Å². The van der Waals surface area contributed by atoms with E-state index >= 15 is 0 Å². The van der Waals surface area contributed by atoms with Crippen molar-refractivity contribution in [3.63, 3.8) is 0 Å². The number of benzene rings is 1. The minimum atomic E-state index is -3.77. The number of methoxy groups -OCH3 is 1. The predicted molar refractivity (Wildman–Crippen MR) is 100 cm³/mol. The summed E-state index contributed by atoms with van der Waals surface area (Å²) < 4.78 is 31.5. The third kappa shape index (κ3) is 3.75. The van der Waals surface area contributed by atoms with Crippen LogP contribution in [0.1, 0.15) is 10.4 Å². The monoisotopic (exact) mass is 410 g/mol. The summed E-state index contributed by atoms with van der Waals surface area (Å²) in [4.78, 5) is 12.3. The highest BCUT2D eigenvalue weighted by Gasteiger charge is 2.20. The van der Waals surface area contributed by atoms with Crippen LogP contribution in [-0.4, -0.2) is 38.7 Å². The van der Waals surface area contributed by atoms with Gasteiger partial charge in [-0.05, 0) is 36.7 Å². The van der Waals surface area contributed by atoms with E-state index < -0.39 is 15.9 Å². The van der Waals surface area contributed by atoms with E-state index in [0.717, 1.165) is 5.56 Å². The fourth-order valence-corrected chi connectivity index (χ4v) is 4.45. The molecule has 136 valence electrons. The molecule has 0 aliphatic rings. The van der Waals surface area contributed by atoms with Crippen LogP contribution in [0.25, 0.3) is 10.6 Å². The zero-order valence-corrected chi connectivity index (χ0v) is 16.2. The van der Waals surface area contributed by atoms with E-state index in [9.17, 15) is 13.2 Å². The Bertz CT molecular complexity index is 1030. The second kappa shape index (κ2) is 7.50. The van der Waals surface area contributed by atoms with Crippen molar-refractivity contribution in [3.8, 4) is 16.3 Å². The third-order valence-electron chi connectivity index (χ3n) is 3.40. The number of carbonyl (C=O) groups excluding carboxylic acids is 1. The summed E-state index contributed by atoms with van der Waals surface area (Å²) in [5.41, 5.74) is 1.09. The lowest BCUT2D eigenvalue weighted by atomic mass is 10.2. The average Bonchev–Trinajstić information content (AvgIpc) is 3.32. The highest BCUT2D eigenvalue weighted by Crippen LogP contribution is 2.29. The van der Waals surface area contributed by atoms with Crippen LogP contribution in [-0.2, 0) is 10.0 Å². The molecule has 2 N–H and O–H groups in total. The van der Waals surface area contributed by atoms with Gasteiger partial charge in [0.1, 0.15) is 15.7 Å². The second-order valence-electron chi connectivity index (χ2n) is 4.95. The number of rotatable bonds is 6. The summed E-state index contributed by atoms with van der Waals surface area (Å²) in [6.07, 6.45) is 0. The second-order valence-corrected chi connectivity index (χ2v) is 8.56. The van der Waals surface area contributed by atoms with Crippen molar-refractivity contribution in [2.45, 2.75) is 4.90 Å². The summed E-state index contributed by atoms with van der Waals surface area (Å²) in [6.45, 7) is 0. The minimum absolute atomic E-state index is 0.119. The van der Waals surface area contributed by atoms with Gasteiger partial charge in [0.05, 0.1) is 7.11 Å². The van der Waals surface area contributed by atoms with E-state index in [1.165, 1.54) is 43.7 Å². The van der Waals surface area contributed by atoms with Gasteiger partial charge in [-0.15, -0.1) is 10.2 Å². The lowest BCUT2D eigenvalue weighted by Crippen LogP contribution is -2.20. The molecule has 0 saturated carbocycles. The molecule has 26 heavy (non-hydrogen) atoms. The smallest absolute Gasteiger partial charge is 0.257 e. The largest absolute Gasteiger partial charge is 0.495 e. The third-order valence-corrected chi connectivity index (χ3v) is 6.40. The minimum Gasteiger partial charge on any atom is -0.495 e. The molecular formula is C15H14N4O4S3. The first-order valence-electron chi connectivity index (χ1n) is 7.23. The number of nitrogens with one attached hydrogen (secondary N) is 2. The van der Waals surface area contributed by atoms with Crippen molar-refractivity contribution >= 4 is 43.7 Å². The lowest BCUT2D eigenvalue weighted by molar-refractivity contribution is 0.102. The lowest BCUT2D eigenvalue weighted by Gasteiger charge is -2.10. The van der Waals surface area contributed by atoms with Gasteiger partial charge in [0.25, 0.3) is 5.91 Å². The maximum absolute atomic E-state index is 12.5. The molecule has 0 atom stereocenters. The Balaban J connectivity index is 1.85. The van der Waals surface area contributed by atoms with Crippen molar-refractivity contribution < 1.29 is 17.9 Å². The molecule has 2 heterocycles. The van der Waals surface area contributed by atoms with Crippen LogP contribution in [0.5, 0.6) is 5.75 Å². The van der Waals surface area contributed by atoms with Crippen LogP contribution in [0.4, 0.5) is 5.13 Å². The summed E-state index contributed by atoms with van der Waals surface area (Å²) in [6, 6.07) is 6.07. The normalized spacial score (nSPS) is 11.3. The Morgan fingerprint density at radius 2 is 2.04 bits per heavy atom. The number of amides is 1. The number of nitrogens with zero attached hydrogens (tertiary/aromatic N) is 2. The van der Waals surface area contributed by atoms with Crippen LogP contribution >= 0.6 is 22.7 Å². The van der Waals surface area contributed by atoms with Gasteiger partial charge in [0, 0.05) is 16.5 Å². The molecule has 0 saturated heterocycles. The van der Waals surface area contributed by atoms with Crippen molar-refractivity contribution in [2.75, 3.05) is 19.5 Å². The zero-order valence-electron chi connectivity index (χ0n) is 13.7. The van der Waals surface area contributed by atoms with Crippen LogP contribution in [0.2, 0.25) is 0 Å². The Labute approximate surface area is 157 Å². The Morgan fingerprint density at radius 3 is 2.69 bits per heavy atom. The topological polar surface area (TPSA) is 110 Å². The van der Waals surface area contributed by atoms with Gasteiger partial charge in [-0.3, -0.25) is 10.1 Å². The first-order chi connectivity index (χ1) is 12.4. The molecule has 3 rings (SSSR count). The Kier molecular flexibility index (Phi) is 5.32. The maximum atomic E-state index is 12.5. The van der Waals surface area contributed by atoms with Gasteiger partial charge in [0.2, 0.25) is 15.2 Å². The van der Waals surface area contributed by atoms with Crippen molar-refractivity contribution in [1.29, 1.82) is 0 Å². The number of hydrogen-bond donors (Lipinski definition) is 2. The number of anilines is 1. The fraction of sp³-hybridized carbons (Fsp3) is 0.133. The molecule has 1 aromatic carbocycles. The van der Waals surface area contributed by atoms with Crippen LogP contribution in [0, 0.1) is 0 Å². The number of hydrogen-bond acceptors (Lipinski definition) is 8. The summed E-state index contributed by atoms with van der Waals surface area (Å²) >= 11 is 2.77. The predicted octanol–water partition coefficient (Wildman–Crippen LogP) is 2.44. The molecule has 0 radical (unpaired) electrons. The van der Waals surface area contributed by atoms with E-state index in [4.69, 9.17) is 4.74 Å². The number of thiophene rings is 1. The molecule has 0 unspecified atom stereocenters. The first-order valence-corrected chi connectivity index (χ1v) is 10.5. The molecule has 2 aromatic heterocycles. The average molecular weight is 411 g/mol. The van der Waals surface area contributed by atoms with Crippen LogP contribution in [0.3, 0.4) is 0 Å². The van der Waals surface area contributed by atoms with Gasteiger partial charge < -0.3 is 4.74 Å². The Morgan fingerprint density at radius 1 is 1.23 bits per heavy atom. The quantitative estimate of drug-likeness (QED) is 0.646. The number of ether oxygens (including phenoxy) is 1. The van der Waals surface area contributed by atoms with E-state index in [1.807, 2.05) is 16.8 Å².